The second-order valence-corrected chi connectivity index (χ2v) is 8.67. The molecule has 22 heavy (non-hydrogen) atoms. The molecule has 6 heteroatoms. The molecule has 2 rings (SSSR count). The summed E-state index contributed by atoms with van der Waals surface area (Å²) in [6.07, 6.45) is 0.657. The van der Waals surface area contributed by atoms with Crippen molar-refractivity contribution in [2.75, 3.05) is 6.54 Å². The Labute approximate surface area is 132 Å². The molecule has 0 heterocycles. The van der Waals surface area contributed by atoms with Gasteiger partial charge in [-0.1, -0.05) is 39.8 Å². The van der Waals surface area contributed by atoms with Gasteiger partial charge in [-0.25, -0.2) is 13.6 Å². The van der Waals surface area contributed by atoms with Gasteiger partial charge in [-0.2, -0.15) is 0 Å². The zero-order chi connectivity index (χ0) is 16.8. The molecule has 1 aromatic rings. The van der Waals surface area contributed by atoms with Gasteiger partial charge in [-0.05, 0) is 34.9 Å². The van der Waals surface area contributed by atoms with Crippen LogP contribution in [0.15, 0.2) is 29.2 Å². The van der Waals surface area contributed by atoms with Crippen molar-refractivity contribution < 1.29 is 13.2 Å². The number of sulfonamides is 1. The highest BCUT2D eigenvalue weighted by molar-refractivity contribution is 7.89. The monoisotopic (exact) mass is 324 g/mol. The first kappa shape index (κ1) is 17.0. The first-order valence-corrected chi connectivity index (χ1v) is 8.92. The summed E-state index contributed by atoms with van der Waals surface area (Å²) in [6.45, 7) is 9.00. The highest BCUT2D eigenvalue weighted by Crippen LogP contribution is 2.68. The van der Waals surface area contributed by atoms with Crippen LogP contribution in [0.2, 0.25) is 0 Å². The molecule has 1 fully saturated rings. The SMILES string of the molecule is CC1(C)C(C(=O)NCCc2ccc(S(N)(=O)=O)cc2)C1(C)C. The van der Waals surface area contributed by atoms with Crippen molar-refractivity contribution >= 4 is 15.9 Å². The Morgan fingerprint density at radius 1 is 1.14 bits per heavy atom. The molecule has 0 saturated heterocycles. The molecule has 1 amide bonds. The first-order chi connectivity index (χ1) is 9.98. The number of amides is 1. The van der Waals surface area contributed by atoms with E-state index >= 15 is 0 Å². The zero-order valence-electron chi connectivity index (χ0n) is 13.5. The number of nitrogens with two attached hydrogens (primary N) is 1. The van der Waals surface area contributed by atoms with Crippen LogP contribution in [0, 0.1) is 16.7 Å². The van der Waals surface area contributed by atoms with E-state index in [2.05, 4.69) is 33.0 Å². The number of hydrogen-bond donors (Lipinski definition) is 2. The Morgan fingerprint density at radius 2 is 1.64 bits per heavy atom. The van der Waals surface area contributed by atoms with Gasteiger partial charge in [0.15, 0.2) is 0 Å². The average molecular weight is 324 g/mol. The lowest BCUT2D eigenvalue weighted by molar-refractivity contribution is -0.123. The minimum Gasteiger partial charge on any atom is -0.355 e. The Bertz CT molecular complexity index is 662. The predicted octanol–water partition coefficient (Wildman–Crippen LogP) is 1.67. The molecule has 0 spiro atoms. The van der Waals surface area contributed by atoms with Gasteiger partial charge in [-0.3, -0.25) is 4.79 Å². The van der Waals surface area contributed by atoms with E-state index in [4.69, 9.17) is 5.14 Å². The molecule has 0 unspecified atom stereocenters. The molecular formula is C16H24N2O3S. The van der Waals surface area contributed by atoms with E-state index in [0.717, 1.165) is 5.56 Å². The molecule has 122 valence electrons. The summed E-state index contributed by atoms with van der Waals surface area (Å²) >= 11 is 0. The van der Waals surface area contributed by atoms with Crippen molar-refractivity contribution in [1.82, 2.24) is 5.32 Å². The molecule has 1 aliphatic carbocycles. The van der Waals surface area contributed by atoms with Crippen molar-refractivity contribution in [2.24, 2.45) is 21.9 Å². The highest BCUT2D eigenvalue weighted by Gasteiger charge is 2.68. The van der Waals surface area contributed by atoms with Gasteiger partial charge in [0.05, 0.1) is 4.90 Å². The van der Waals surface area contributed by atoms with Gasteiger partial charge in [0.2, 0.25) is 15.9 Å². The molecule has 1 aromatic carbocycles. The normalized spacial score (nSPS) is 19.7. The maximum atomic E-state index is 12.2. The van der Waals surface area contributed by atoms with Crippen LogP contribution in [0.4, 0.5) is 0 Å². The van der Waals surface area contributed by atoms with Crippen molar-refractivity contribution in [3.05, 3.63) is 29.8 Å². The minimum atomic E-state index is -3.65. The third-order valence-corrected chi connectivity index (χ3v) is 6.18. The summed E-state index contributed by atoms with van der Waals surface area (Å²) in [4.78, 5) is 12.3. The van der Waals surface area contributed by atoms with E-state index in [1.807, 2.05) is 0 Å². The fourth-order valence-electron chi connectivity index (χ4n) is 3.13. The molecule has 0 bridgehead atoms. The standard InChI is InChI=1S/C16H24N2O3S/c1-15(2)13(16(15,3)4)14(19)18-10-9-11-5-7-12(8-6-11)22(17,20)21/h5-8,13H,9-10H2,1-4H3,(H,18,19)(H2,17,20,21). The smallest absolute Gasteiger partial charge is 0.238 e. The summed E-state index contributed by atoms with van der Waals surface area (Å²) in [5.74, 6) is 0.140. The lowest BCUT2D eigenvalue weighted by atomic mass is 10.0. The summed E-state index contributed by atoms with van der Waals surface area (Å²) < 4.78 is 22.3. The summed E-state index contributed by atoms with van der Waals surface area (Å²) in [5, 5.41) is 8.02. The van der Waals surface area contributed by atoms with E-state index in [0.29, 0.717) is 13.0 Å². The van der Waals surface area contributed by atoms with Crippen molar-refractivity contribution in [2.45, 2.75) is 39.0 Å². The predicted molar refractivity (Wildman–Crippen MR) is 85.6 cm³/mol. The van der Waals surface area contributed by atoms with Crippen LogP contribution in [0.5, 0.6) is 0 Å². The average Bonchev–Trinajstić information content (AvgIpc) is 2.79. The Balaban J connectivity index is 1.86. The quantitative estimate of drug-likeness (QED) is 0.863. The van der Waals surface area contributed by atoms with Crippen molar-refractivity contribution in [1.29, 1.82) is 0 Å². The topological polar surface area (TPSA) is 89.3 Å². The van der Waals surface area contributed by atoms with Gasteiger partial charge in [0.25, 0.3) is 0 Å². The molecule has 0 aliphatic heterocycles. The van der Waals surface area contributed by atoms with Crippen LogP contribution >= 0.6 is 0 Å². The van der Waals surface area contributed by atoms with Crippen LogP contribution in [0.1, 0.15) is 33.3 Å². The van der Waals surface area contributed by atoms with Gasteiger partial charge in [0, 0.05) is 12.5 Å². The van der Waals surface area contributed by atoms with Crippen LogP contribution < -0.4 is 10.5 Å². The number of carbonyl (C=O) groups is 1. The number of nitrogens with one attached hydrogen (secondary N) is 1. The lowest BCUT2D eigenvalue weighted by Crippen LogP contribution is -2.29. The third kappa shape index (κ3) is 3.03. The zero-order valence-corrected chi connectivity index (χ0v) is 14.3. The van der Waals surface area contributed by atoms with Gasteiger partial charge in [-0.15, -0.1) is 0 Å². The third-order valence-electron chi connectivity index (χ3n) is 5.25. The number of hydrogen-bond acceptors (Lipinski definition) is 3. The highest BCUT2D eigenvalue weighted by atomic mass is 32.2. The fraction of sp³-hybridized carbons (Fsp3) is 0.562. The Kier molecular flexibility index (Phi) is 4.13. The van der Waals surface area contributed by atoms with Gasteiger partial charge >= 0.3 is 0 Å². The van der Waals surface area contributed by atoms with E-state index in [1.165, 1.54) is 12.1 Å². The van der Waals surface area contributed by atoms with E-state index in [9.17, 15) is 13.2 Å². The molecule has 1 aliphatic rings. The van der Waals surface area contributed by atoms with Crippen LogP contribution in [0.3, 0.4) is 0 Å². The maximum absolute atomic E-state index is 12.2. The van der Waals surface area contributed by atoms with Crippen LogP contribution in [0.25, 0.3) is 0 Å². The van der Waals surface area contributed by atoms with Crippen LogP contribution in [-0.2, 0) is 21.2 Å². The molecule has 0 radical (unpaired) electrons. The van der Waals surface area contributed by atoms with Crippen molar-refractivity contribution in [3.8, 4) is 0 Å². The number of primary sulfonamides is 1. The first-order valence-electron chi connectivity index (χ1n) is 7.37. The molecular weight excluding hydrogens is 300 g/mol. The number of benzene rings is 1. The maximum Gasteiger partial charge on any atom is 0.238 e. The summed E-state index contributed by atoms with van der Waals surface area (Å²) in [6, 6.07) is 6.41. The van der Waals surface area contributed by atoms with Crippen molar-refractivity contribution in [3.63, 3.8) is 0 Å². The molecule has 5 nitrogen and oxygen atoms in total. The summed E-state index contributed by atoms with van der Waals surface area (Å²) in [7, 11) is -3.65. The van der Waals surface area contributed by atoms with E-state index in [-0.39, 0.29) is 27.6 Å². The van der Waals surface area contributed by atoms with E-state index < -0.39 is 10.0 Å². The Morgan fingerprint density at radius 3 is 2.05 bits per heavy atom. The van der Waals surface area contributed by atoms with Gasteiger partial charge < -0.3 is 5.32 Å². The van der Waals surface area contributed by atoms with Crippen LogP contribution in [-0.4, -0.2) is 20.9 Å². The molecule has 3 N–H and O–H groups in total. The van der Waals surface area contributed by atoms with E-state index in [1.54, 1.807) is 12.1 Å². The second kappa shape index (κ2) is 5.35. The number of rotatable bonds is 5. The minimum absolute atomic E-state index is 0.0359. The summed E-state index contributed by atoms with van der Waals surface area (Å²) in [5.41, 5.74) is 1.03. The molecule has 0 aromatic heterocycles. The lowest BCUT2D eigenvalue weighted by Gasteiger charge is -2.07. The molecule has 0 atom stereocenters. The number of carbonyl (C=O) groups excluding carboxylic acids is 1. The second-order valence-electron chi connectivity index (χ2n) is 7.11. The fourth-order valence-corrected chi connectivity index (χ4v) is 3.65. The van der Waals surface area contributed by atoms with Gasteiger partial charge in [0.1, 0.15) is 0 Å². The Hall–Kier alpha value is -1.40. The molecule has 1 saturated carbocycles. The largest absolute Gasteiger partial charge is 0.355 e.